The zero-order valence-corrected chi connectivity index (χ0v) is 36.1. The minimum Gasteiger partial charge on any atom is -0.469 e. The van der Waals surface area contributed by atoms with Gasteiger partial charge in [0.05, 0.1) is 7.11 Å². The molecule has 0 unspecified atom stereocenters. The van der Waals surface area contributed by atoms with Crippen LogP contribution in [0.5, 0.6) is 0 Å². The number of hydrogen-bond acceptors (Lipinski definition) is 6. The molecule has 6 nitrogen and oxygen atoms in total. The first-order chi connectivity index (χ1) is 31.4. The summed E-state index contributed by atoms with van der Waals surface area (Å²) in [6.07, 6.45) is 3.69. The van der Waals surface area contributed by atoms with Crippen LogP contribution in [0.3, 0.4) is 0 Å². The Morgan fingerprint density at radius 3 is 0.969 bits per heavy atom. The maximum absolute atomic E-state index is 11.8. The Morgan fingerprint density at radius 2 is 0.656 bits per heavy atom. The molecule has 0 heterocycles. The fraction of sp³-hybridized carbons (Fsp3) is 0.138. The maximum Gasteiger partial charge on any atom is 0.305 e. The van der Waals surface area contributed by atoms with Crippen molar-refractivity contribution in [2.24, 2.45) is 0 Å². The van der Waals surface area contributed by atoms with Crippen LogP contribution in [-0.4, -0.2) is 30.6 Å². The molecule has 0 bridgehead atoms. The van der Waals surface area contributed by atoms with Gasteiger partial charge < -0.3 is 19.6 Å². The Hall–Kier alpha value is -7.54. The van der Waals surface area contributed by atoms with Crippen molar-refractivity contribution in [1.82, 2.24) is 0 Å². The highest BCUT2D eigenvalue weighted by Crippen LogP contribution is 2.38. The van der Waals surface area contributed by atoms with Gasteiger partial charge in [-0.25, -0.2) is 0 Å². The summed E-state index contributed by atoms with van der Waals surface area (Å²) in [4.78, 5) is 28.1. The molecule has 1 N–H and O–H groups in total. The van der Waals surface area contributed by atoms with Gasteiger partial charge in [0.15, 0.2) is 5.78 Å². The molecule has 0 aliphatic heterocycles. The first-order valence-electron chi connectivity index (χ1n) is 21.9. The largest absolute Gasteiger partial charge is 0.469 e. The number of aryl methyl sites for hydroxylation is 4. The Morgan fingerprint density at radius 1 is 0.375 bits per heavy atom. The average Bonchev–Trinajstić information content (AvgIpc) is 3.37. The highest BCUT2D eigenvalue weighted by Gasteiger charge is 2.16. The summed E-state index contributed by atoms with van der Waals surface area (Å²) in [6.45, 7) is -0.420. The highest BCUT2D eigenvalue weighted by molar-refractivity contribution is 5.81. The molecule has 0 aliphatic rings. The third-order valence-electron chi connectivity index (χ3n) is 11.7. The molecule has 0 spiro atoms. The number of Topliss-reactive ketones (excluding diaryl/α,β-unsaturated/α-hetero) is 1. The summed E-state index contributed by atoms with van der Waals surface area (Å²) in [6, 6.07) is 72.6. The number of carbonyl (C=O) groups is 2. The van der Waals surface area contributed by atoms with E-state index >= 15 is 0 Å². The first kappa shape index (κ1) is 43.1. The average molecular weight is 841 g/mol. The number of ether oxygens (including phenoxy) is 1. The van der Waals surface area contributed by atoms with Crippen molar-refractivity contribution in [3.8, 4) is 22.3 Å². The predicted octanol–water partition coefficient (Wildman–Crippen LogP) is 13.3. The van der Waals surface area contributed by atoms with E-state index in [-0.39, 0.29) is 11.8 Å². The molecule has 0 aromatic heterocycles. The fourth-order valence-corrected chi connectivity index (χ4v) is 8.01. The molecule has 0 radical (unpaired) electrons. The molecule has 0 fully saturated rings. The molecule has 0 amide bonds. The second-order valence-corrected chi connectivity index (χ2v) is 15.9. The molecular formula is C58H52N2O4. The Labute approximate surface area is 376 Å². The highest BCUT2D eigenvalue weighted by atomic mass is 16.5. The van der Waals surface area contributed by atoms with E-state index in [2.05, 4.69) is 204 Å². The summed E-state index contributed by atoms with van der Waals surface area (Å²) in [5, 5.41) is 9.19. The predicted molar refractivity (Wildman–Crippen MR) is 261 cm³/mol. The van der Waals surface area contributed by atoms with Gasteiger partial charge in [-0.1, -0.05) is 133 Å². The van der Waals surface area contributed by atoms with Crippen LogP contribution in [0.4, 0.5) is 34.1 Å². The van der Waals surface area contributed by atoms with Gasteiger partial charge in [0.1, 0.15) is 6.61 Å². The standard InChI is InChI=1S/C58H52N2O4/c1-64-58(63)41-23-46-20-34-54(35-21-46)60(56-38-26-50(27-39-56)48-10-6-3-7-11-48)52-30-16-44(17-31-52)13-12-43-14-28-51(29-15-43)59(53-32-18-45(19-33-53)22-40-57(62)42-61)55-36-24-49(25-37-55)47-8-4-2-5-9-47/h2-11,14-21,24-39,61H,12-13,22-23,40-42H2,1H3. The van der Waals surface area contributed by atoms with Gasteiger partial charge in [0.25, 0.3) is 0 Å². The number of benzene rings is 8. The number of rotatable bonds is 18. The van der Waals surface area contributed by atoms with E-state index in [9.17, 15) is 14.7 Å². The summed E-state index contributed by atoms with van der Waals surface area (Å²) in [5.74, 6) is -0.359. The van der Waals surface area contributed by atoms with E-state index in [4.69, 9.17) is 4.74 Å². The number of carbonyl (C=O) groups excluding carboxylic acids is 2. The molecule has 8 rings (SSSR count). The monoisotopic (exact) mass is 840 g/mol. The number of hydrogen-bond donors (Lipinski definition) is 1. The summed E-state index contributed by atoms with van der Waals surface area (Å²) < 4.78 is 4.86. The molecule has 0 aliphatic carbocycles. The van der Waals surface area contributed by atoms with Crippen molar-refractivity contribution in [2.75, 3.05) is 23.5 Å². The smallest absolute Gasteiger partial charge is 0.305 e. The number of esters is 1. The molecule has 8 aromatic carbocycles. The Balaban J connectivity index is 0.994. The Kier molecular flexibility index (Phi) is 14.2. The zero-order valence-electron chi connectivity index (χ0n) is 36.1. The van der Waals surface area contributed by atoms with Crippen LogP contribution < -0.4 is 9.80 Å². The molecular weight excluding hydrogens is 789 g/mol. The molecule has 0 atom stereocenters. The number of nitrogens with zero attached hydrogens (tertiary/aromatic N) is 2. The van der Waals surface area contributed by atoms with Gasteiger partial charge in [0, 0.05) is 47.0 Å². The van der Waals surface area contributed by atoms with Crippen molar-refractivity contribution in [2.45, 2.75) is 38.5 Å². The molecule has 6 heteroatoms. The van der Waals surface area contributed by atoms with Crippen LogP contribution in [0.1, 0.15) is 35.1 Å². The van der Waals surface area contributed by atoms with Crippen molar-refractivity contribution >= 4 is 45.9 Å². The lowest BCUT2D eigenvalue weighted by Gasteiger charge is -2.26. The first-order valence-corrected chi connectivity index (χ1v) is 21.9. The van der Waals surface area contributed by atoms with Gasteiger partial charge >= 0.3 is 5.97 Å². The number of anilines is 6. The van der Waals surface area contributed by atoms with Gasteiger partial charge in [-0.3, -0.25) is 9.59 Å². The van der Waals surface area contributed by atoms with Crippen LogP contribution in [0.25, 0.3) is 22.3 Å². The van der Waals surface area contributed by atoms with Gasteiger partial charge in [-0.15, -0.1) is 0 Å². The quantitative estimate of drug-likeness (QED) is 0.0868. The van der Waals surface area contributed by atoms with Gasteiger partial charge in [-0.05, 0) is 143 Å². The SMILES string of the molecule is COC(=O)CCc1ccc(N(c2ccc(CCc3ccc(N(c4ccc(CCC(=O)CO)cc4)c4ccc(-c5ccccc5)cc4)cc3)cc2)c2ccc(-c3ccccc3)cc2)cc1. The maximum atomic E-state index is 11.8. The van der Waals surface area contributed by atoms with Crippen LogP contribution in [0.2, 0.25) is 0 Å². The van der Waals surface area contributed by atoms with E-state index in [1.165, 1.54) is 29.4 Å². The second-order valence-electron chi connectivity index (χ2n) is 15.9. The third kappa shape index (κ3) is 10.9. The number of aliphatic hydroxyl groups is 1. The van der Waals surface area contributed by atoms with Crippen molar-refractivity contribution < 1.29 is 19.4 Å². The van der Waals surface area contributed by atoms with Crippen LogP contribution in [0, 0.1) is 0 Å². The van der Waals surface area contributed by atoms with Crippen molar-refractivity contribution in [3.05, 3.63) is 229 Å². The summed E-state index contributed by atoms with van der Waals surface area (Å²) in [7, 11) is 1.43. The summed E-state index contributed by atoms with van der Waals surface area (Å²) >= 11 is 0. The van der Waals surface area contributed by atoms with Crippen molar-refractivity contribution in [3.63, 3.8) is 0 Å². The number of methoxy groups -OCH3 is 1. The lowest BCUT2D eigenvalue weighted by atomic mass is 10.0. The minimum absolute atomic E-state index is 0.151. The van der Waals surface area contributed by atoms with Gasteiger partial charge in [-0.2, -0.15) is 0 Å². The third-order valence-corrected chi connectivity index (χ3v) is 11.7. The lowest BCUT2D eigenvalue weighted by Crippen LogP contribution is -2.10. The second kappa shape index (κ2) is 21.0. The summed E-state index contributed by atoms with van der Waals surface area (Å²) in [5.41, 5.74) is 15.6. The molecule has 64 heavy (non-hydrogen) atoms. The van der Waals surface area contributed by atoms with Crippen LogP contribution >= 0.6 is 0 Å². The van der Waals surface area contributed by atoms with E-state index in [0.29, 0.717) is 25.7 Å². The number of aliphatic hydroxyl groups excluding tert-OH is 1. The van der Waals surface area contributed by atoms with E-state index in [1.54, 1.807) is 0 Å². The lowest BCUT2D eigenvalue weighted by molar-refractivity contribution is -0.140. The van der Waals surface area contributed by atoms with E-state index in [0.717, 1.165) is 69.2 Å². The Bertz CT molecular complexity index is 2520. The molecule has 0 saturated heterocycles. The van der Waals surface area contributed by atoms with E-state index in [1.807, 2.05) is 12.1 Å². The number of ketones is 1. The fourth-order valence-electron chi connectivity index (χ4n) is 8.01. The molecule has 0 saturated carbocycles. The van der Waals surface area contributed by atoms with Crippen LogP contribution in [0.15, 0.2) is 206 Å². The van der Waals surface area contributed by atoms with Crippen molar-refractivity contribution in [1.29, 1.82) is 0 Å². The minimum atomic E-state index is -0.420. The van der Waals surface area contributed by atoms with Crippen LogP contribution in [-0.2, 0) is 40.0 Å². The zero-order chi connectivity index (χ0) is 44.1. The van der Waals surface area contributed by atoms with E-state index < -0.39 is 6.61 Å². The molecule has 8 aromatic rings. The van der Waals surface area contributed by atoms with Gasteiger partial charge in [0.2, 0.25) is 0 Å². The molecule has 318 valence electrons. The topological polar surface area (TPSA) is 70.1 Å². The normalized spacial score (nSPS) is 10.9.